The summed E-state index contributed by atoms with van der Waals surface area (Å²) < 4.78 is 28.0. The van der Waals surface area contributed by atoms with Crippen LogP contribution >= 0.6 is 0 Å². The minimum Gasteiger partial charge on any atom is -0.346 e. The van der Waals surface area contributed by atoms with Crippen LogP contribution in [-0.4, -0.2) is 81.5 Å². The zero-order chi connectivity index (χ0) is 25.4. The first-order valence-corrected chi connectivity index (χ1v) is 34.4. The molecule has 0 N–H and O–H groups in total. The second-order valence-electron chi connectivity index (χ2n) is 14.9. The quantitative estimate of drug-likeness (QED) is 0.314. The maximum atomic E-state index is 17.1. The third-order valence-corrected chi connectivity index (χ3v) is 47.9. The van der Waals surface area contributed by atoms with Gasteiger partial charge < -0.3 is 16.1 Å². The smallest absolute Gasteiger partial charge is 0.346 e. The van der Waals surface area contributed by atoms with Crippen LogP contribution in [-0.2, 0) is 0 Å². The summed E-state index contributed by atoms with van der Waals surface area (Å²) in [6.45, 7) is 43.8. The second-order valence-corrected chi connectivity index (χ2v) is 49.4. The molecule has 0 atom stereocenters. The molecule has 1 aliphatic rings. The first-order valence-electron chi connectivity index (χ1n) is 12.0. The van der Waals surface area contributed by atoms with Gasteiger partial charge in [-0.2, -0.15) is 0 Å². The van der Waals surface area contributed by atoms with E-state index in [0.29, 0.717) is 0 Å². The van der Waals surface area contributed by atoms with Crippen LogP contribution < -0.4 is 0 Å². The SMILES string of the molecule is C[Si](C)(C)N(B(F)N([Si](C)(C)C)[Si](C)(C)N1[Si](C)(C)N([Si](C)(C)C)[Si]1(C)C)[Si](C)(C)C. The normalized spacial score (nSPS) is 21.6. The van der Waals surface area contributed by atoms with E-state index in [4.69, 9.17) is 0 Å². The minimum atomic E-state index is -2.20. The maximum absolute atomic E-state index is 17.1. The lowest BCUT2D eigenvalue weighted by Crippen LogP contribution is -3.00. The van der Waals surface area contributed by atoms with Crippen LogP contribution in [0.5, 0.6) is 0 Å². The van der Waals surface area contributed by atoms with E-state index >= 15 is 4.32 Å². The van der Waals surface area contributed by atoms with Crippen molar-refractivity contribution >= 4 is 65.4 Å². The summed E-state index contributed by atoms with van der Waals surface area (Å²) in [6, 6.07) is 0. The van der Waals surface area contributed by atoms with Crippen molar-refractivity contribution in [2.24, 2.45) is 0 Å². The molecule has 0 aromatic rings. The molecule has 0 unspecified atom stereocenters. The number of hydrogen-bond donors (Lipinski definition) is 0. The Hall–Kier alpha value is 1.35. The zero-order valence-electron chi connectivity index (χ0n) is 24.2. The Morgan fingerprint density at radius 2 is 0.839 bits per heavy atom. The van der Waals surface area contributed by atoms with Crippen molar-refractivity contribution in [3.05, 3.63) is 0 Å². The van der Waals surface area contributed by atoms with Gasteiger partial charge in [-0.1, -0.05) is 78.6 Å². The summed E-state index contributed by atoms with van der Waals surface area (Å²) in [5.74, 6) is 0. The molecule has 184 valence electrons. The standard InChI is InChI=1S/C18H54BFN4Si7/c1-25(2,3)21(26(4,5)6)19(20)22(27(7,8)9)29(13,14)24-30(15,16)23(28(10,11)12)31(24,17)18/h1-18H3. The summed E-state index contributed by atoms with van der Waals surface area (Å²) in [7, 11) is -13.6. The molecule has 0 aliphatic carbocycles. The van der Waals surface area contributed by atoms with Crippen molar-refractivity contribution in [1.29, 1.82) is 0 Å². The molecule has 1 fully saturated rings. The van der Waals surface area contributed by atoms with E-state index in [9.17, 15) is 0 Å². The maximum Gasteiger partial charge on any atom is 0.494 e. The number of rotatable bonds is 8. The van der Waals surface area contributed by atoms with E-state index in [-0.39, 0.29) is 0 Å². The molecule has 0 aromatic heterocycles. The van der Waals surface area contributed by atoms with Gasteiger partial charge in [-0.15, -0.1) is 0 Å². The molecule has 13 heteroatoms. The Kier molecular flexibility index (Phi) is 8.31. The lowest BCUT2D eigenvalue weighted by Gasteiger charge is -2.77. The van der Waals surface area contributed by atoms with Gasteiger partial charge in [-0.3, -0.25) is 4.32 Å². The summed E-state index contributed by atoms with van der Waals surface area (Å²) in [5, 5.41) is 0. The third-order valence-electron chi connectivity index (χ3n) is 6.59. The van der Waals surface area contributed by atoms with Crippen LogP contribution in [0.3, 0.4) is 0 Å². The van der Waals surface area contributed by atoms with Gasteiger partial charge in [0.25, 0.3) is 0 Å². The molecule has 4 nitrogen and oxygen atoms in total. The van der Waals surface area contributed by atoms with E-state index in [1.165, 1.54) is 0 Å². The monoisotopic (exact) mass is 552 g/mol. The van der Waals surface area contributed by atoms with Gasteiger partial charge in [-0.05, 0) is 39.3 Å². The van der Waals surface area contributed by atoms with Crippen molar-refractivity contribution < 1.29 is 4.32 Å². The van der Waals surface area contributed by atoms with E-state index in [0.717, 1.165) is 0 Å². The Labute approximate surface area is 203 Å². The molecule has 1 aliphatic heterocycles. The molecule has 0 saturated carbocycles. The molecule has 1 saturated heterocycles. The average Bonchev–Trinajstić information content (AvgIpc) is 2.25. The molecule has 0 amide bonds. The fourth-order valence-corrected chi connectivity index (χ4v) is 66.0. The number of nitrogens with zero attached hydrogens (tertiary/aromatic N) is 4. The average molecular weight is 553 g/mol. The van der Waals surface area contributed by atoms with Crippen LogP contribution in [0, 0.1) is 0 Å². The summed E-state index contributed by atoms with van der Waals surface area (Å²) in [6.07, 6.45) is 0. The molecule has 1 heterocycles. The van der Waals surface area contributed by atoms with E-state index in [1.807, 2.05) is 0 Å². The second kappa shape index (κ2) is 8.48. The number of hydrogen-bond acceptors (Lipinski definition) is 4. The lowest BCUT2D eigenvalue weighted by atomic mass is 10.2. The van der Waals surface area contributed by atoms with Crippen molar-refractivity contribution in [1.82, 2.24) is 16.1 Å². The van der Waals surface area contributed by atoms with Crippen LogP contribution in [0.4, 0.5) is 4.32 Å². The molecule has 0 radical (unpaired) electrons. The van der Waals surface area contributed by atoms with Gasteiger partial charge in [-0.25, -0.2) is 0 Å². The molecule has 0 aromatic carbocycles. The van der Waals surface area contributed by atoms with Crippen LogP contribution in [0.25, 0.3) is 0 Å². The Morgan fingerprint density at radius 1 is 0.548 bits per heavy atom. The van der Waals surface area contributed by atoms with Gasteiger partial charge in [0.1, 0.15) is 32.9 Å². The minimum absolute atomic E-state index is 0.942. The highest BCUT2D eigenvalue weighted by Crippen LogP contribution is 2.47. The molecule has 1 rings (SSSR count). The van der Waals surface area contributed by atoms with Gasteiger partial charge in [0.15, 0.2) is 25.2 Å². The first-order chi connectivity index (χ1) is 13.1. The van der Waals surface area contributed by atoms with Crippen molar-refractivity contribution in [3.8, 4) is 0 Å². The van der Waals surface area contributed by atoms with Gasteiger partial charge in [0, 0.05) is 0 Å². The summed E-state index contributed by atoms with van der Waals surface area (Å²) in [5.41, 5.74) is 0. The highest BCUT2D eigenvalue weighted by molar-refractivity contribution is 7.21. The van der Waals surface area contributed by atoms with Crippen molar-refractivity contribution in [2.75, 3.05) is 0 Å². The first kappa shape index (κ1) is 30.4. The molecular weight excluding hydrogens is 499 g/mol. The predicted octanol–water partition coefficient (Wildman–Crippen LogP) is 6.61. The van der Waals surface area contributed by atoms with Crippen LogP contribution in [0.1, 0.15) is 0 Å². The van der Waals surface area contributed by atoms with Crippen LogP contribution in [0.2, 0.25) is 118 Å². The van der Waals surface area contributed by atoms with Crippen molar-refractivity contribution in [2.45, 2.75) is 118 Å². The predicted molar refractivity (Wildman–Crippen MR) is 160 cm³/mol. The van der Waals surface area contributed by atoms with E-state index in [2.05, 4.69) is 134 Å². The topological polar surface area (TPSA) is 13.0 Å². The third kappa shape index (κ3) is 5.62. The Morgan fingerprint density at radius 3 is 1.06 bits per heavy atom. The van der Waals surface area contributed by atoms with Gasteiger partial charge >= 0.3 is 7.26 Å². The van der Waals surface area contributed by atoms with E-state index < -0.39 is 65.4 Å². The Bertz CT molecular complexity index is 636. The zero-order valence-corrected chi connectivity index (χ0v) is 31.2. The molecule has 31 heavy (non-hydrogen) atoms. The molecule has 0 bridgehead atoms. The molecular formula is C18H54BFN4Si7. The lowest BCUT2D eigenvalue weighted by molar-refractivity contribution is 0.559. The van der Waals surface area contributed by atoms with E-state index in [1.54, 1.807) is 0 Å². The Balaban J connectivity index is 3.67. The highest BCUT2D eigenvalue weighted by Gasteiger charge is 2.70. The van der Waals surface area contributed by atoms with Gasteiger partial charge in [0.2, 0.25) is 0 Å². The fraction of sp³-hybridized carbons (Fsp3) is 1.00. The highest BCUT2D eigenvalue weighted by atomic mass is 28.6. The van der Waals surface area contributed by atoms with Crippen LogP contribution in [0.15, 0.2) is 0 Å². The number of halogens is 1. The molecule has 0 spiro atoms. The van der Waals surface area contributed by atoms with Crippen molar-refractivity contribution in [3.63, 3.8) is 0 Å². The summed E-state index contributed by atoms with van der Waals surface area (Å²) >= 11 is 0. The largest absolute Gasteiger partial charge is 0.494 e. The van der Waals surface area contributed by atoms with Gasteiger partial charge in [0.05, 0.1) is 0 Å². The fourth-order valence-electron chi connectivity index (χ4n) is 7.74. The summed E-state index contributed by atoms with van der Waals surface area (Å²) in [4.78, 5) is 0.